The second-order valence-electron chi connectivity index (χ2n) is 3.98. The number of ether oxygens (including phenoxy) is 1. The first-order valence-corrected chi connectivity index (χ1v) is 6.24. The van der Waals surface area contributed by atoms with Gasteiger partial charge in [0.25, 0.3) is 0 Å². The van der Waals surface area contributed by atoms with E-state index in [1.54, 1.807) is 36.4 Å². The summed E-state index contributed by atoms with van der Waals surface area (Å²) < 4.78 is 19.1. The van der Waals surface area contributed by atoms with Crippen molar-refractivity contribution in [3.63, 3.8) is 0 Å². The second-order valence-corrected chi connectivity index (χ2v) is 4.25. The van der Waals surface area contributed by atoms with Crippen molar-refractivity contribution in [3.8, 4) is 17.6 Å². The molecule has 2 aromatic rings. The number of alkyl halides is 1. The summed E-state index contributed by atoms with van der Waals surface area (Å²) in [4.78, 5) is 0. The Labute approximate surface area is 116 Å². The molecule has 0 aliphatic rings. The van der Waals surface area contributed by atoms with Crippen LogP contribution in [0.4, 0.5) is 4.39 Å². The van der Waals surface area contributed by atoms with Crippen LogP contribution in [0.2, 0.25) is 0 Å². The maximum Gasteiger partial charge on any atom is 0.166 e. The maximum atomic E-state index is 13.7. The van der Waals surface area contributed by atoms with Gasteiger partial charge in [0, 0.05) is 5.88 Å². The highest BCUT2D eigenvalue weighted by Crippen LogP contribution is 2.25. The van der Waals surface area contributed by atoms with Crippen molar-refractivity contribution in [1.82, 2.24) is 0 Å². The highest BCUT2D eigenvalue weighted by molar-refractivity contribution is 6.17. The highest BCUT2D eigenvalue weighted by atomic mass is 35.5. The van der Waals surface area contributed by atoms with E-state index < -0.39 is 5.82 Å². The van der Waals surface area contributed by atoms with Gasteiger partial charge < -0.3 is 4.74 Å². The third-order valence-electron chi connectivity index (χ3n) is 2.58. The summed E-state index contributed by atoms with van der Waals surface area (Å²) in [7, 11) is 0. The minimum absolute atomic E-state index is 0.155. The van der Waals surface area contributed by atoms with E-state index in [0.29, 0.717) is 17.7 Å². The Balaban J connectivity index is 2.15. The summed E-state index contributed by atoms with van der Waals surface area (Å²) in [6, 6.07) is 13.7. The first kappa shape index (κ1) is 13.4. The number of halogens is 2. The lowest BCUT2D eigenvalue weighted by Crippen LogP contribution is -1.90. The molecule has 19 heavy (non-hydrogen) atoms. The molecular formula is C15H11ClFNO. The van der Waals surface area contributed by atoms with E-state index in [1.165, 1.54) is 6.07 Å². The first-order valence-electron chi connectivity index (χ1n) is 5.71. The molecule has 0 saturated carbocycles. The Morgan fingerprint density at radius 2 is 1.79 bits per heavy atom. The zero-order valence-corrected chi connectivity index (χ0v) is 10.8. The van der Waals surface area contributed by atoms with Crippen LogP contribution in [0.5, 0.6) is 11.5 Å². The summed E-state index contributed by atoms with van der Waals surface area (Å²) >= 11 is 5.62. The first-order chi connectivity index (χ1) is 9.22. The highest BCUT2D eigenvalue weighted by Gasteiger charge is 2.06. The molecule has 4 heteroatoms. The van der Waals surface area contributed by atoms with Gasteiger partial charge in [-0.1, -0.05) is 18.2 Å². The van der Waals surface area contributed by atoms with E-state index in [-0.39, 0.29) is 11.6 Å². The average Bonchev–Trinajstić information content (AvgIpc) is 2.43. The van der Waals surface area contributed by atoms with Gasteiger partial charge in [-0.3, -0.25) is 0 Å². The van der Waals surface area contributed by atoms with Crippen molar-refractivity contribution in [3.05, 3.63) is 59.4 Å². The quantitative estimate of drug-likeness (QED) is 0.774. The standard InChI is InChI=1S/C15H11ClFNO/c16-10-12-3-6-15(14(17)9-12)19-13-4-1-11(2-5-13)7-8-18/h1-6,9H,7,10H2. The predicted octanol–water partition coefficient (Wildman–Crippen LogP) is 4.42. The van der Waals surface area contributed by atoms with Crippen LogP contribution in [0.25, 0.3) is 0 Å². The van der Waals surface area contributed by atoms with Gasteiger partial charge in [-0.05, 0) is 35.4 Å². The Hall–Kier alpha value is -2.05. The minimum atomic E-state index is -0.445. The summed E-state index contributed by atoms with van der Waals surface area (Å²) in [6.45, 7) is 0. The van der Waals surface area contributed by atoms with Crippen LogP contribution in [-0.4, -0.2) is 0 Å². The molecule has 0 aromatic heterocycles. The lowest BCUT2D eigenvalue weighted by atomic mass is 10.1. The molecule has 96 valence electrons. The Morgan fingerprint density at radius 3 is 2.37 bits per heavy atom. The molecular weight excluding hydrogens is 265 g/mol. The van der Waals surface area contributed by atoms with Gasteiger partial charge in [0.1, 0.15) is 5.75 Å². The number of rotatable bonds is 4. The van der Waals surface area contributed by atoms with E-state index >= 15 is 0 Å². The Kier molecular flexibility index (Phi) is 4.38. The van der Waals surface area contributed by atoms with E-state index in [2.05, 4.69) is 6.07 Å². The number of benzene rings is 2. The Bertz CT molecular complexity index is 605. The van der Waals surface area contributed by atoms with E-state index in [4.69, 9.17) is 21.6 Å². The molecule has 0 bridgehead atoms. The zero-order valence-electron chi connectivity index (χ0n) is 10.1. The number of hydrogen-bond donors (Lipinski definition) is 0. The molecule has 0 unspecified atom stereocenters. The van der Waals surface area contributed by atoms with Gasteiger partial charge in [0.2, 0.25) is 0 Å². The van der Waals surface area contributed by atoms with E-state index in [1.807, 2.05) is 0 Å². The zero-order chi connectivity index (χ0) is 13.7. The molecule has 2 rings (SSSR count). The normalized spacial score (nSPS) is 9.95. The minimum Gasteiger partial charge on any atom is -0.454 e. The topological polar surface area (TPSA) is 33.0 Å². The molecule has 0 aliphatic carbocycles. The fourth-order valence-corrected chi connectivity index (χ4v) is 1.77. The predicted molar refractivity (Wildman–Crippen MR) is 71.8 cm³/mol. The number of hydrogen-bond acceptors (Lipinski definition) is 2. The van der Waals surface area contributed by atoms with Crippen LogP contribution in [0.3, 0.4) is 0 Å². The lowest BCUT2D eigenvalue weighted by Gasteiger charge is -2.08. The van der Waals surface area contributed by atoms with Crippen molar-refractivity contribution in [2.75, 3.05) is 0 Å². The van der Waals surface area contributed by atoms with Gasteiger partial charge in [-0.25, -0.2) is 4.39 Å². The third-order valence-corrected chi connectivity index (χ3v) is 2.89. The smallest absolute Gasteiger partial charge is 0.166 e. The molecule has 0 atom stereocenters. The van der Waals surface area contributed by atoms with Crippen LogP contribution >= 0.6 is 11.6 Å². The van der Waals surface area contributed by atoms with Gasteiger partial charge in [0.05, 0.1) is 12.5 Å². The molecule has 0 N–H and O–H groups in total. The van der Waals surface area contributed by atoms with Gasteiger partial charge in [-0.2, -0.15) is 5.26 Å². The van der Waals surface area contributed by atoms with Crippen LogP contribution < -0.4 is 4.74 Å². The third kappa shape index (κ3) is 3.46. The maximum absolute atomic E-state index is 13.7. The Morgan fingerprint density at radius 1 is 1.11 bits per heavy atom. The molecule has 2 aromatic carbocycles. The lowest BCUT2D eigenvalue weighted by molar-refractivity contribution is 0.442. The summed E-state index contributed by atoms with van der Waals surface area (Å²) in [5.74, 6) is 0.500. The molecule has 0 heterocycles. The van der Waals surface area contributed by atoms with Crippen LogP contribution in [-0.2, 0) is 12.3 Å². The van der Waals surface area contributed by atoms with E-state index in [0.717, 1.165) is 5.56 Å². The summed E-state index contributed by atoms with van der Waals surface area (Å²) in [5.41, 5.74) is 1.60. The monoisotopic (exact) mass is 275 g/mol. The second kappa shape index (κ2) is 6.21. The fraction of sp³-hybridized carbons (Fsp3) is 0.133. The van der Waals surface area contributed by atoms with Crippen molar-refractivity contribution in [2.24, 2.45) is 0 Å². The fourth-order valence-electron chi connectivity index (χ4n) is 1.60. The van der Waals surface area contributed by atoms with Crippen LogP contribution in [0.1, 0.15) is 11.1 Å². The SMILES string of the molecule is N#CCc1ccc(Oc2ccc(CCl)cc2F)cc1. The number of nitrogens with zero attached hydrogens (tertiary/aromatic N) is 1. The summed E-state index contributed by atoms with van der Waals surface area (Å²) in [5, 5.41) is 8.57. The summed E-state index contributed by atoms with van der Waals surface area (Å²) in [6.07, 6.45) is 0.346. The molecule has 0 radical (unpaired) electrons. The van der Waals surface area contributed by atoms with Crippen LogP contribution in [0, 0.1) is 17.1 Å². The molecule has 0 amide bonds. The molecule has 0 saturated heterocycles. The van der Waals surface area contributed by atoms with Crippen LogP contribution in [0.15, 0.2) is 42.5 Å². The van der Waals surface area contributed by atoms with Crippen molar-refractivity contribution < 1.29 is 9.13 Å². The largest absolute Gasteiger partial charge is 0.454 e. The van der Waals surface area contributed by atoms with Crippen molar-refractivity contribution in [1.29, 1.82) is 5.26 Å². The van der Waals surface area contributed by atoms with E-state index in [9.17, 15) is 4.39 Å². The average molecular weight is 276 g/mol. The molecule has 2 nitrogen and oxygen atoms in total. The van der Waals surface area contributed by atoms with Gasteiger partial charge in [-0.15, -0.1) is 11.6 Å². The molecule has 0 aliphatic heterocycles. The number of nitriles is 1. The van der Waals surface area contributed by atoms with Gasteiger partial charge >= 0.3 is 0 Å². The van der Waals surface area contributed by atoms with Crippen molar-refractivity contribution >= 4 is 11.6 Å². The van der Waals surface area contributed by atoms with Gasteiger partial charge in [0.15, 0.2) is 11.6 Å². The molecule has 0 fully saturated rings. The molecule has 0 spiro atoms. The van der Waals surface area contributed by atoms with Crippen molar-refractivity contribution in [2.45, 2.75) is 12.3 Å².